The summed E-state index contributed by atoms with van der Waals surface area (Å²) in [6.45, 7) is -0.201. The highest BCUT2D eigenvalue weighted by molar-refractivity contribution is 5.99. The lowest BCUT2D eigenvalue weighted by Gasteiger charge is -2.09. The fraction of sp³-hybridized carbons (Fsp3) is 0.231. The van der Waals surface area contributed by atoms with E-state index < -0.39 is 11.8 Å². The molecule has 0 spiro atoms. The van der Waals surface area contributed by atoms with Crippen LogP contribution >= 0.6 is 0 Å². The van der Waals surface area contributed by atoms with Gasteiger partial charge in [0.2, 0.25) is 11.9 Å². The monoisotopic (exact) mass is 305 g/mol. The average Bonchev–Trinajstić information content (AvgIpc) is 3.04. The predicted octanol–water partition coefficient (Wildman–Crippen LogP) is 0.190. The standard InChI is InChI=1S/C13H15N5O4/c1-21-9-4-3-8(5-10(9)22-2)12(20)14-6-11(19)17-13-15-7-16-18-13/h3-5,7H,6H2,1-2H3,(H,14,20)(H2,15,16,17,18,19). The topological polar surface area (TPSA) is 118 Å². The number of rotatable bonds is 6. The van der Waals surface area contributed by atoms with Gasteiger partial charge in [0.15, 0.2) is 11.5 Å². The largest absolute Gasteiger partial charge is 0.493 e. The Kier molecular flexibility index (Phi) is 4.91. The molecule has 116 valence electrons. The van der Waals surface area contributed by atoms with Gasteiger partial charge in [0.1, 0.15) is 6.33 Å². The van der Waals surface area contributed by atoms with Crippen LogP contribution in [0.25, 0.3) is 0 Å². The van der Waals surface area contributed by atoms with Crippen LogP contribution < -0.4 is 20.1 Å². The number of nitrogens with zero attached hydrogens (tertiary/aromatic N) is 2. The van der Waals surface area contributed by atoms with Gasteiger partial charge in [0.05, 0.1) is 20.8 Å². The average molecular weight is 305 g/mol. The third kappa shape index (κ3) is 3.72. The molecule has 2 amide bonds. The molecule has 0 atom stereocenters. The summed E-state index contributed by atoms with van der Waals surface area (Å²) in [5.74, 6) is 0.327. The summed E-state index contributed by atoms with van der Waals surface area (Å²) in [6.07, 6.45) is 1.26. The fourth-order valence-corrected chi connectivity index (χ4v) is 1.68. The Balaban J connectivity index is 1.93. The number of hydrogen-bond donors (Lipinski definition) is 3. The molecule has 9 heteroatoms. The van der Waals surface area contributed by atoms with Crippen molar-refractivity contribution >= 4 is 17.8 Å². The zero-order chi connectivity index (χ0) is 15.9. The first-order valence-corrected chi connectivity index (χ1v) is 6.29. The molecule has 0 fully saturated rings. The van der Waals surface area contributed by atoms with Gasteiger partial charge in [-0.3, -0.25) is 14.9 Å². The number of amides is 2. The lowest BCUT2D eigenvalue weighted by Crippen LogP contribution is -2.33. The summed E-state index contributed by atoms with van der Waals surface area (Å²) in [5.41, 5.74) is 0.352. The van der Waals surface area contributed by atoms with Crippen LogP contribution in [0.5, 0.6) is 11.5 Å². The molecule has 0 aliphatic heterocycles. The van der Waals surface area contributed by atoms with Gasteiger partial charge in [-0.2, -0.15) is 10.1 Å². The Bertz CT molecular complexity index is 656. The molecule has 0 saturated carbocycles. The maximum absolute atomic E-state index is 12.0. The van der Waals surface area contributed by atoms with Crippen LogP contribution in [0.3, 0.4) is 0 Å². The van der Waals surface area contributed by atoms with Gasteiger partial charge < -0.3 is 14.8 Å². The van der Waals surface area contributed by atoms with Crippen LogP contribution in [0.2, 0.25) is 0 Å². The van der Waals surface area contributed by atoms with E-state index in [1.165, 1.54) is 26.6 Å². The van der Waals surface area contributed by atoms with Crippen molar-refractivity contribution in [1.29, 1.82) is 0 Å². The molecule has 1 aromatic carbocycles. The van der Waals surface area contributed by atoms with Crippen molar-refractivity contribution < 1.29 is 19.1 Å². The van der Waals surface area contributed by atoms with Gasteiger partial charge in [-0.15, -0.1) is 0 Å². The molecule has 0 aliphatic rings. The molecule has 0 unspecified atom stereocenters. The SMILES string of the molecule is COc1ccc(C(=O)NCC(=O)Nc2ncn[nH]2)cc1OC. The first-order chi connectivity index (χ1) is 10.6. The summed E-state index contributed by atoms with van der Waals surface area (Å²) in [5, 5.41) is 11.0. The lowest BCUT2D eigenvalue weighted by atomic mass is 10.2. The zero-order valence-corrected chi connectivity index (χ0v) is 12.0. The van der Waals surface area contributed by atoms with Crippen molar-refractivity contribution in [2.75, 3.05) is 26.1 Å². The van der Waals surface area contributed by atoms with Crippen molar-refractivity contribution in [2.24, 2.45) is 0 Å². The molecule has 3 N–H and O–H groups in total. The Morgan fingerprint density at radius 3 is 2.64 bits per heavy atom. The summed E-state index contributed by atoms with van der Waals surface area (Å²) < 4.78 is 10.2. The Morgan fingerprint density at radius 1 is 1.23 bits per heavy atom. The van der Waals surface area contributed by atoms with E-state index in [-0.39, 0.29) is 12.5 Å². The molecule has 0 bridgehead atoms. The second-order valence-corrected chi connectivity index (χ2v) is 4.13. The molecular weight excluding hydrogens is 290 g/mol. The Labute approximate surface area is 126 Å². The molecule has 0 radical (unpaired) electrons. The van der Waals surface area contributed by atoms with E-state index in [1.54, 1.807) is 12.1 Å². The van der Waals surface area contributed by atoms with Gasteiger partial charge >= 0.3 is 0 Å². The second kappa shape index (κ2) is 7.07. The summed E-state index contributed by atoms with van der Waals surface area (Å²) >= 11 is 0. The van der Waals surface area contributed by atoms with Crippen LogP contribution in [-0.4, -0.2) is 47.8 Å². The smallest absolute Gasteiger partial charge is 0.251 e. The van der Waals surface area contributed by atoms with Crippen LogP contribution in [0.1, 0.15) is 10.4 Å². The molecule has 1 heterocycles. The van der Waals surface area contributed by atoms with E-state index in [0.29, 0.717) is 17.1 Å². The van der Waals surface area contributed by atoms with E-state index in [4.69, 9.17) is 9.47 Å². The van der Waals surface area contributed by atoms with Crippen molar-refractivity contribution in [1.82, 2.24) is 20.5 Å². The third-order valence-electron chi connectivity index (χ3n) is 2.73. The Morgan fingerprint density at radius 2 is 2.00 bits per heavy atom. The summed E-state index contributed by atoms with van der Waals surface area (Å²) in [6, 6.07) is 4.72. The molecule has 2 aromatic rings. The molecular formula is C13H15N5O4. The fourth-order valence-electron chi connectivity index (χ4n) is 1.68. The maximum Gasteiger partial charge on any atom is 0.251 e. The molecule has 1 aromatic heterocycles. The van der Waals surface area contributed by atoms with E-state index >= 15 is 0 Å². The van der Waals surface area contributed by atoms with Gasteiger partial charge in [-0.25, -0.2) is 5.10 Å². The lowest BCUT2D eigenvalue weighted by molar-refractivity contribution is -0.115. The molecule has 2 rings (SSSR count). The van der Waals surface area contributed by atoms with E-state index in [1.807, 2.05) is 0 Å². The second-order valence-electron chi connectivity index (χ2n) is 4.13. The predicted molar refractivity (Wildman–Crippen MR) is 76.9 cm³/mol. The number of ether oxygens (including phenoxy) is 2. The number of carbonyl (C=O) groups excluding carboxylic acids is 2. The number of methoxy groups -OCH3 is 2. The van der Waals surface area contributed by atoms with Crippen molar-refractivity contribution in [3.63, 3.8) is 0 Å². The zero-order valence-electron chi connectivity index (χ0n) is 12.0. The number of benzene rings is 1. The Hall–Kier alpha value is -3.10. The normalized spacial score (nSPS) is 9.91. The van der Waals surface area contributed by atoms with Crippen LogP contribution in [-0.2, 0) is 4.79 Å². The van der Waals surface area contributed by atoms with Gasteiger partial charge in [0.25, 0.3) is 5.91 Å². The highest BCUT2D eigenvalue weighted by atomic mass is 16.5. The number of aromatic amines is 1. The van der Waals surface area contributed by atoms with E-state index in [9.17, 15) is 9.59 Å². The number of aromatic nitrogens is 3. The quantitative estimate of drug-likeness (QED) is 0.701. The number of carbonyl (C=O) groups is 2. The third-order valence-corrected chi connectivity index (χ3v) is 2.73. The number of H-pyrrole nitrogens is 1. The molecule has 9 nitrogen and oxygen atoms in total. The number of nitrogens with one attached hydrogen (secondary N) is 3. The van der Waals surface area contributed by atoms with Crippen molar-refractivity contribution in [3.8, 4) is 11.5 Å². The minimum absolute atomic E-state index is 0.201. The van der Waals surface area contributed by atoms with Crippen LogP contribution in [0, 0.1) is 0 Å². The highest BCUT2D eigenvalue weighted by Crippen LogP contribution is 2.27. The molecule has 0 saturated heterocycles. The van der Waals surface area contributed by atoms with Gasteiger partial charge in [0, 0.05) is 5.56 Å². The summed E-state index contributed by atoms with van der Waals surface area (Å²) in [4.78, 5) is 27.3. The molecule has 0 aliphatic carbocycles. The van der Waals surface area contributed by atoms with E-state index in [0.717, 1.165) is 0 Å². The van der Waals surface area contributed by atoms with E-state index in [2.05, 4.69) is 25.8 Å². The number of hydrogen-bond acceptors (Lipinski definition) is 6. The first-order valence-electron chi connectivity index (χ1n) is 6.29. The minimum Gasteiger partial charge on any atom is -0.493 e. The van der Waals surface area contributed by atoms with Crippen LogP contribution in [0.4, 0.5) is 5.95 Å². The first kappa shape index (κ1) is 15.3. The van der Waals surface area contributed by atoms with Gasteiger partial charge in [-0.05, 0) is 18.2 Å². The highest BCUT2D eigenvalue weighted by Gasteiger charge is 2.12. The maximum atomic E-state index is 12.0. The minimum atomic E-state index is -0.425. The van der Waals surface area contributed by atoms with Crippen molar-refractivity contribution in [3.05, 3.63) is 30.1 Å². The number of anilines is 1. The van der Waals surface area contributed by atoms with Crippen molar-refractivity contribution in [2.45, 2.75) is 0 Å². The van der Waals surface area contributed by atoms with Crippen LogP contribution in [0.15, 0.2) is 24.5 Å². The van der Waals surface area contributed by atoms with Gasteiger partial charge in [-0.1, -0.05) is 0 Å². The molecule has 22 heavy (non-hydrogen) atoms. The summed E-state index contributed by atoms with van der Waals surface area (Å²) in [7, 11) is 2.98.